The number of carbonyl (C=O) groups is 1. The molecule has 2 rings (SSSR count). The van der Waals surface area contributed by atoms with Crippen molar-refractivity contribution in [2.75, 3.05) is 11.1 Å². The van der Waals surface area contributed by atoms with E-state index in [0.717, 1.165) is 5.00 Å². The average Bonchev–Trinajstić information content (AvgIpc) is 2.70. The van der Waals surface area contributed by atoms with Crippen molar-refractivity contribution in [2.24, 2.45) is 0 Å². The van der Waals surface area contributed by atoms with Crippen molar-refractivity contribution >= 4 is 27.8 Å². The third kappa shape index (κ3) is 3.00. The van der Waals surface area contributed by atoms with E-state index >= 15 is 0 Å². The molecular formula is C13H20N2OS. The van der Waals surface area contributed by atoms with Crippen LogP contribution in [0.2, 0.25) is 0 Å². The van der Waals surface area contributed by atoms with Crippen LogP contribution in [-0.2, 0) is 0 Å². The molecule has 1 heterocycles. The molecule has 0 spiro atoms. The Morgan fingerprint density at radius 3 is 2.82 bits per heavy atom. The molecule has 1 aliphatic carbocycles. The first-order valence-electron chi connectivity index (χ1n) is 6.39. The fourth-order valence-electron chi connectivity index (χ4n) is 2.30. The Balaban J connectivity index is 2.03. The third-order valence-corrected chi connectivity index (χ3v) is 4.41. The second-order valence-corrected chi connectivity index (χ2v) is 5.70. The maximum absolute atomic E-state index is 11.6. The summed E-state index contributed by atoms with van der Waals surface area (Å²) < 4.78 is 0. The first-order valence-corrected chi connectivity index (χ1v) is 7.21. The van der Waals surface area contributed by atoms with Crippen molar-refractivity contribution in [1.82, 2.24) is 0 Å². The summed E-state index contributed by atoms with van der Waals surface area (Å²) in [6.07, 6.45) is 6.94. The van der Waals surface area contributed by atoms with Crippen LogP contribution in [0.3, 0.4) is 0 Å². The first kappa shape index (κ1) is 12.4. The molecular weight excluding hydrogens is 232 g/mol. The number of carbonyl (C=O) groups excluding carboxylic acids is 1. The Kier molecular flexibility index (Phi) is 4.05. The Morgan fingerprint density at radius 2 is 2.18 bits per heavy atom. The summed E-state index contributed by atoms with van der Waals surface area (Å²) in [4.78, 5) is 12.4. The van der Waals surface area contributed by atoms with Crippen LogP contribution >= 0.6 is 11.3 Å². The predicted molar refractivity (Wildman–Crippen MR) is 73.8 cm³/mol. The molecule has 17 heavy (non-hydrogen) atoms. The van der Waals surface area contributed by atoms with E-state index in [1.54, 1.807) is 0 Å². The second kappa shape index (κ2) is 5.54. The van der Waals surface area contributed by atoms with Gasteiger partial charge in [0.25, 0.3) is 0 Å². The van der Waals surface area contributed by atoms with Crippen LogP contribution in [0.5, 0.6) is 0 Å². The van der Waals surface area contributed by atoms with E-state index in [4.69, 9.17) is 5.73 Å². The number of thiophene rings is 1. The number of nitrogens with one attached hydrogen (secondary N) is 1. The van der Waals surface area contributed by atoms with Gasteiger partial charge < -0.3 is 11.1 Å². The van der Waals surface area contributed by atoms with E-state index in [-0.39, 0.29) is 5.78 Å². The topological polar surface area (TPSA) is 55.1 Å². The van der Waals surface area contributed by atoms with E-state index in [2.05, 4.69) is 5.32 Å². The Bertz CT molecular complexity index is 394. The monoisotopic (exact) mass is 252 g/mol. The van der Waals surface area contributed by atoms with Gasteiger partial charge in [-0.25, -0.2) is 0 Å². The zero-order chi connectivity index (χ0) is 12.3. The predicted octanol–water partition coefficient (Wildman–Crippen LogP) is 3.67. The number of rotatable bonds is 4. The van der Waals surface area contributed by atoms with Crippen molar-refractivity contribution in [2.45, 2.75) is 51.5 Å². The summed E-state index contributed by atoms with van der Waals surface area (Å²) in [6.45, 7) is 1.87. The molecule has 0 amide bonds. The van der Waals surface area contributed by atoms with Crippen LogP contribution < -0.4 is 11.1 Å². The molecule has 0 saturated heterocycles. The number of Topliss-reactive ketones (excluding diaryl/α,β-unsaturated/α-hetero) is 1. The van der Waals surface area contributed by atoms with E-state index in [9.17, 15) is 4.79 Å². The SMILES string of the molecule is CCC(=O)c1sc(NC2CCCCC2)cc1N. The molecule has 0 aromatic carbocycles. The molecule has 3 nitrogen and oxygen atoms in total. The van der Waals surface area contributed by atoms with Crippen LogP contribution in [0.25, 0.3) is 0 Å². The van der Waals surface area contributed by atoms with Gasteiger partial charge in [-0.05, 0) is 18.9 Å². The van der Waals surface area contributed by atoms with Gasteiger partial charge in [-0.1, -0.05) is 26.2 Å². The van der Waals surface area contributed by atoms with E-state index in [1.165, 1.54) is 43.4 Å². The molecule has 3 N–H and O–H groups in total. The zero-order valence-corrected chi connectivity index (χ0v) is 11.1. The summed E-state index contributed by atoms with van der Waals surface area (Å²) in [5.41, 5.74) is 6.50. The van der Waals surface area contributed by atoms with Crippen molar-refractivity contribution in [3.63, 3.8) is 0 Å². The second-order valence-electron chi connectivity index (χ2n) is 4.65. The average molecular weight is 252 g/mol. The number of nitrogen functional groups attached to an aromatic ring is 1. The quantitative estimate of drug-likeness (QED) is 0.804. The lowest BCUT2D eigenvalue weighted by Crippen LogP contribution is -2.21. The highest BCUT2D eigenvalue weighted by Gasteiger charge is 2.17. The maximum Gasteiger partial charge on any atom is 0.174 e. The molecule has 1 aromatic heterocycles. The minimum Gasteiger partial charge on any atom is -0.397 e. The normalized spacial score (nSPS) is 17.0. The third-order valence-electron chi connectivity index (χ3n) is 3.29. The lowest BCUT2D eigenvalue weighted by molar-refractivity contribution is 0.0993. The number of hydrogen-bond donors (Lipinski definition) is 2. The molecule has 1 aliphatic rings. The van der Waals surface area contributed by atoms with Crippen LogP contribution in [0, 0.1) is 0 Å². The van der Waals surface area contributed by atoms with Gasteiger partial charge in [-0.2, -0.15) is 0 Å². The molecule has 0 radical (unpaired) electrons. The fourth-order valence-corrected chi connectivity index (χ4v) is 3.37. The molecule has 0 bridgehead atoms. The fraction of sp³-hybridized carbons (Fsp3) is 0.615. The van der Waals surface area contributed by atoms with Crippen molar-refractivity contribution in [3.05, 3.63) is 10.9 Å². The first-order chi connectivity index (χ1) is 8.20. The minimum absolute atomic E-state index is 0.143. The molecule has 1 aromatic rings. The highest BCUT2D eigenvalue weighted by Crippen LogP contribution is 2.32. The van der Waals surface area contributed by atoms with Crippen molar-refractivity contribution in [1.29, 1.82) is 0 Å². The summed E-state index contributed by atoms with van der Waals surface area (Å²) in [6, 6.07) is 2.47. The maximum atomic E-state index is 11.6. The molecule has 0 atom stereocenters. The van der Waals surface area contributed by atoms with Crippen molar-refractivity contribution < 1.29 is 4.79 Å². The highest BCUT2D eigenvalue weighted by molar-refractivity contribution is 7.18. The number of anilines is 2. The lowest BCUT2D eigenvalue weighted by atomic mass is 9.96. The van der Waals surface area contributed by atoms with Gasteiger partial charge in [-0.15, -0.1) is 11.3 Å². The van der Waals surface area contributed by atoms with Gasteiger partial charge in [0.2, 0.25) is 0 Å². The van der Waals surface area contributed by atoms with Crippen LogP contribution in [-0.4, -0.2) is 11.8 Å². The van der Waals surface area contributed by atoms with Gasteiger partial charge in [0.1, 0.15) is 0 Å². The molecule has 4 heteroatoms. The molecule has 1 fully saturated rings. The number of nitrogens with two attached hydrogens (primary N) is 1. The number of hydrogen-bond acceptors (Lipinski definition) is 4. The van der Waals surface area contributed by atoms with Crippen LogP contribution in [0.15, 0.2) is 6.07 Å². The summed E-state index contributed by atoms with van der Waals surface area (Å²) in [7, 11) is 0. The molecule has 0 aliphatic heterocycles. The lowest BCUT2D eigenvalue weighted by Gasteiger charge is -2.22. The smallest absolute Gasteiger partial charge is 0.174 e. The summed E-state index contributed by atoms with van der Waals surface area (Å²) in [5, 5.41) is 4.55. The molecule has 94 valence electrons. The van der Waals surface area contributed by atoms with E-state index < -0.39 is 0 Å². The highest BCUT2D eigenvalue weighted by atomic mass is 32.1. The van der Waals surface area contributed by atoms with Gasteiger partial charge in [-0.3, -0.25) is 4.79 Å². The van der Waals surface area contributed by atoms with E-state index in [0.29, 0.717) is 23.0 Å². The number of ketones is 1. The Morgan fingerprint density at radius 1 is 1.47 bits per heavy atom. The van der Waals surface area contributed by atoms with Crippen LogP contribution in [0.1, 0.15) is 55.1 Å². The largest absolute Gasteiger partial charge is 0.397 e. The van der Waals surface area contributed by atoms with Crippen molar-refractivity contribution in [3.8, 4) is 0 Å². The molecule has 1 saturated carbocycles. The van der Waals surface area contributed by atoms with Crippen LogP contribution in [0.4, 0.5) is 10.7 Å². The zero-order valence-electron chi connectivity index (χ0n) is 10.3. The van der Waals surface area contributed by atoms with Gasteiger partial charge in [0.05, 0.1) is 15.6 Å². The minimum atomic E-state index is 0.143. The standard InChI is InChI=1S/C13H20N2OS/c1-2-11(16)13-10(14)8-12(17-13)15-9-6-4-3-5-7-9/h8-9,15H,2-7,14H2,1H3. The summed E-state index contributed by atoms with van der Waals surface area (Å²) >= 11 is 1.50. The molecule has 0 unspecified atom stereocenters. The van der Waals surface area contributed by atoms with Gasteiger partial charge in [0, 0.05) is 12.5 Å². The van der Waals surface area contributed by atoms with E-state index in [1.807, 2.05) is 13.0 Å². The Hall–Kier alpha value is -1.03. The summed E-state index contributed by atoms with van der Waals surface area (Å²) in [5.74, 6) is 0.143. The Labute approximate surface area is 106 Å². The van der Waals surface area contributed by atoms with Gasteiger partial charge in [0.15, 0.2) is 5.78 Å². The van der Waals surface area contributed by atoms with Gasteiger partial charge >= 0.3 is 0 Å².